The van der Waals surface area contributed by atoms with E-state index in [9.17, 15) is 0 Å². The van der Waals surface area contributed by atoms with Crippen molar-refractivity contribution in [3.63, 3.8) is 0 Å². The molecule has 1 atom stereocenters. The first-order valence-corrected chi connectivity index (χ1v) is 7.75. The summed E-state index contributed by atoms with van der Waals surface area (Å²) in [6.07, 6.45) is 0.931. The summed E-state index contributed by atoms with van der Waals surface area (Å²) >= 11 is 3.47. The zero-order valence-electron chi connectivity index (χ0n) is 12.3. The molecule has 0 radical (unpaired) electrons. The van der Waals surface area contributed by atoms with Gasteiger partial charge < -0.3 is 9.47 Å². The third-order valence-electron chi connectivity index (χ3n) is 3.46. The number of hydrogen-bond acceptors (Lipinski definition) is 3. The summed E-state index contributed by atoms with van der Waals surface area (Å²) in [5.74, 6) is 0.849. The molecular weight excluding hydrogens is 306 g/mol. The Bertz CT molecular complexity index is 471. The fourth-order valence-electron chi connectivity index (χ4n) is 2.65. The van der Waals surface area contributed by atoms with Crippen LogP contribution in [0.5, 0.6) is 5.75 Å². The van der Waals surface area contributed by atoms with Crippen molar-refractivity contribution < 1.29 is 9.47 Å². The Morgan fingerprint density at radius 3 is 2.58 bits per heavy atom. The minimum absolute atomic E-state index is 0.0461. The third-order valence-corrected chi connectivity index (χ3v) is 3.99. The highest BCUT2D eigenvalue weighted by molar-refractivity contribution is 9.08. The van der Waals surface area contributed by atoms with E-state index in [0.717, 1.165) is 23.6 Å². The lowest BCUT2D eigenvalue weighted by Gasteiger charge is -2.27. The third kappa shape index (κ3) is 3.29. The molecule has 1 aliphatic rings. The topological polar surface area (TPSA) is 31.4 Å². The summed E-state index contributed by atoms with van der Waals surface area (Å²) in [5.41, 5.74) is 1.53. The molecule has 4 heteroatoms. The van der Waals surface area contributed by atoms with Gasteiger partial charge in [-0.25, -0.2) is 0 Å². The van der Waals surface area contributed by atoms with E-state index in [1.54, 1.807) is 0 Å². The molecule has 3 nitrogen and oxygen atoms in total. The largest absolute Gasteiger partial charge is 0.485 e. The molecule has 1 unspecified atom stereocenters. The zero-order valence-corrected chi connectivity index (χ0v) is 13.9. The maximum Gasteiger partial charge on any atom is 0.142 e. The smallest absolute Gasteiger partial charge is 0.142 e. The van der Waals surface area contributed by atoms with E-state index < -0.39 is 0 Å². The number of hydrogen-bond donors (Lipinski definition) is 0. The number of pyridine rings is 1. The number of aromatic nitrogens is 1. The van der Waals surface area contributed by atoms with Crippen molar-refractivity contribution in [1.82, 2.24) is 4.98 Å². The molecule has 106 valence electrons. The second-order valence-electron chi connectivity index (χ2n) is 6.31. The number of ether oxygens (including phenoxy) is 2. The van der Waals surface area contributed by atoms with Gasteiger partial charge in [0.2, 0.25) is 0 Å². The van der Waals surface area contributed by atoms with E-state index >= 15 is 0 Å². The van der Waals surface area contributed by atoms with Gasteiger partial charge in [-0.1, -0.05) is 15.9 Å². The van der Waals surface area contributed by atoms with Crippen molar-refractivity contribution >= 4 is 15.9 Å². The first kappa shape index (κ1) is 14.8. The monoisotopic (exact) mass is 327 g/mol. The minimum Gasteiger partial charge on any atom is -0.485 e. The van der Waals surface area contributed by atoms with Gasteiger partial charge in [0.1, 0.15) is 17.5 Å². The summed E-state index contributed by atoms with van der Waals surface area (Å²) in [5, 5.41) is 0.696. The van der Waals surface area contributed by atoms with Crippen LogP contribution < -0.4 is 4.74 Å². The molecule has 0 spiro atoms. The van der Waals surface area contributed by atoms with Crippen molar-refractivity contribution in [3.8, 4) is 5.75 Å². The molecule has 1 aromatic heterocycles. The van der Waals surface area contributed by atoms with Crippen LogP contribution >= 0.6 is 15.9 Å². The standard InChI is InChI=1S/C15H22BrNO2/c1-10-6-7-12(11(9-16)17-10)18-13-8-14(2,3)19-15(13,4)5/h6-7,13H,8-9H2,1-5H3. The molecule has 0 bridgehead atoms. The van der Waals surface area contributed by atoms with Crippen LogP contribution in [-0.4, -0.2) is 22.3 Å². The Morgan fingerprint density at radius 1 is 1.37 bits per heavy atom. The molecule has 1 saturated heterocycles. The maximum absolute atomic E-state index is 6.19. The van der Waals surface area contributed by atoms with Crippen molar-refractivity contribution in [2.75, 3.05) is 0 Å². The van der Waals surface area contributed by atoms with Crippen LogP contribution in [0.3, 0.4) is 0 Å². The molecule has 1 aliphatic heterocycles. The number of halogens is 1. The Morgan fingerprint density at radius 2 is 2.05 bits per heavy atom. The lowest BCUT2D eigenvalue weighted by molar-refractivity contribution is -0.0847. The highest BCUT2D eigenvalue weighted by atomic mass is 79.9. The summed E-state index contributed by atoms with van der Waals surface area (Å²) in [6.45, 7) is 10.4. The van der Waals surface area contributed by atoms with Crippen LogP contribution in [0, 0.1) is 6.92 Å². The van der Waals surface area contributed by atoms with E-state index in [0.29, 0.717) is 5.33 Å². The number of alkyl halides is 1. The van der Waals surface area contributed by atoms with E-state index in [-0.39, 0.29) is 17.3 Å². The van der Waals surface area contributed by atoms with Gasteiger partial charge in [0, 0.05) is 17.4 Å². The average molecular weight is 328 g/mol. The Labute approximate surface area is 123 Å². The summed E-state index contributed by atoms with van der Waals surface area (Å²) in [6, 6.07) is 3.98. The molecule has 1 fully saturated rings. The van der Waals surface area contributed by atoms with Gasteiger partial charge in [0.25, 0.3) is 0 Å². The van der Waals surface area contributed by atoms with E-state index in [1.807, 2.05) is 19.1 Å². The Balaban J connectivity index is 2.22. The quantitative estimate of drug-likeness (QED) is 0.786. The van der Waals surface area contributed by atoms with Crippen LogP contribution in [0.15, 0.2) is 12.1 Å². The van der Waals surface area contributed by atoms with E-state index in [1.165, 1.54) is 0 Å². The second-order valence-corrected chi connectivity index (χ2v) is 6.87. The highest BCUT2D eigenvalue weighted by Crippen LogP contribution is 2.40. The summed E-state index contributed by atoms with van der Waals surface area (Å²) in [4.78, 5) is 4.51. The van der Waals surface area contributed by atoms with Crippen molar-refractivity contribution in [2.24, 2.45) is 0 Å². The molecule has 2 rings (SSSR count). The lowest BCUT2D eigenvalue weighted by Crippen LogP contribution is -2.37. The molecule has 0 aliphatic carbocycles. The molecule has 1 aromatic rings. The van der Waals surface area contributed by atoms with Gasteiger partial charge in [-0.2, -0.15) is 0 Å². The van der Waals surface area contributed by atoms with Crippen LogP contribution in [0.4, 0.5) is 0 Å². The first-order valence-electron chi connectivity index (χ1n) is 6.63. The van der Waals surface area contributed by atoms with Crippen LogP contribution in [0.2, 0.25) is 0 Å². The lowest BCUT2D eigenvalue weighted by atomic mass is 9.97. The molecule has 0 amide bonds. The van der Waals surface area contributed by atoms with Gasteiger partial charge in [-0.05, 0) is 46.8 Å². The zero-order chi connectivity index (χ0) is 14.3. The van der Waals surface area contributed by atoms with Gasteiger partial charge in [0.05, 0.1) is 11.3 Å². The molecule has 0 saturated carbocycles. The summed E-state index contributed by atoms with van der Waals surface area (Å²) < 4.78 is 12.2. The SMILES string of the molecule is Cc1ccc(OC2CC(C)(C)OC2(C)C)c(CBr)n1. The number of nitrogens with zero attached hydrogens (tertiary/aromatic N) is 1. The molecule has 0 aromatic carbocycles. The Kier molecular flexibility index (Phi) is 3.94. The molecule has 0 N–H and O–H groups in total. The summed E-state index contributed by atoms with van der Waals surface area (Å²) in [7, 11) is 0. The van der Waals surface area contributed by atoms with Crippen molar-refractivity contribution in [1.29, 1.82) is 0 Å². The predicted octanol–water partition coefficient (Wildman–Crippen LogP) is 4.01. The normalized spacial score (nSPS) is 24.4. The predicted molar refractivity (Wildman–Crippen MR) is 79.9 cm³/mol. The van der Waals surface area contributed by atoms with E-state index in [2.05, 4.69) is 48.6 Å². The van der Waals surface area contributed by atoms with Crippen LogP contribution in [0.1, 0.15) is 45.5 Å². The molecule has 2 heterocycles. The van der Waals surface area contributed by atoms with Crippen molar-refractivity contribution in [3.05, 3.63) is 23.5 Å². The minimum atomic E-state index is -0.280. The first-order chi connectivity index (χ1) is 8.73. The Hall–Kier alpha value is -0.610. The maximum atomic E-state index is 6.19. The number of rotatable bonds is 3. The van der Waals surface area contributed by atoms with E-state index in [4.69, 9.17) is 9.47 Å². The van der Waals surface area contributed by atoms with Crippen molar-refractivity contribution in [2.45, 2.75) is 63.7 Å². The fourth-order valence-corrected chi connectivity index (χ4v) is 3.05. The van der Waals surface area contributed by atoms with Gasteiger partial charge in [-0.3, -0.25) is 4.98 Å². The molecular formula is C15H22BrNO2. The van der Waals surface area contributed by atoms with Gasteiger partial charge in [0.15, 0.2) is 0 Å². The fraction of sp³-hybridized carbons (Fsp3) is 0.667. The van der Waals surface area contributed by atoms with Crippen LogP contribution in [-0.2, 0) is 10.1 Å². The second kappa shape index (κ2) is 5.06. The van der Waals surface area contributed by atoms with Crippen LogP contribution in [0.25, 0.3) is 0 Å². The molecule has 19 heavy (non-hydrogen) atoms. The average Bonchev–Trinajstić information content (AvgIpc) is 2.49. The number of aryl methyl sites for hydroxylation is 1. The van der Waals surface area contributed by atoms with Gasteiger partial charge >= 0.3 is 0 Å². The highest BCUT2D eigenvalue weighted by Gasteiger charge is 2.47. The van der Waals surface area contributed by atoms with Gasteiger partial charge in [-0.15, -0.1) is 0 Å².